The fourth-order valence-corrected chi connectivity index (χ4v) is 4.70. The minimum atomic E-state index is -0.357. The van der Waals surface area contributed by atoms with Crippen molar-refractivity contribution in [2.45, 2.75) is 19.9 Å². The number of nitrogens with one attached hydrogen (secondary N) is 1. The van der Waals surface area contributed by atoms with Gasteiger partial charge in [0, 0.05) is 57.0 Å². The van der Waals surface area contributed by atoms with Crippen molar-refractivity contribution in [3.8, 4) is 22.4 Å². The van der Waals surface area contributed by atoms with E-state index in [2.05, 4.69) is 25.5 Å². The van der Waals surface area contributed by atoms with Gasteiger partial charge in [0.1, 0.15) is 5.82 Å². The second-order valence-corrected chi connectivity index (χ2v) is 9.23. The number of hydrogen-bond donors (Lipinski definition) is 1. The van der Waals surface area contributed by atoms with Gasteiger partial charge in [0.15, 0.2) is 11.5 Å². The summed E-state index contributed by atoms with van der Waals surface area (Å²) in [6, 6.07) is 9.98. The SMILES string of the molecule is CC(=O)Nc1cn2nc(-c3cnc4c(c3)C(=O)N(Cc3cc(F)ccc3-c3cnn(C)c3)CC4)ccc2n1. The molecule has 5 heterocycles. The number of aryl methyl sites for hydroxylation is 1. The summed E-state index contributed by atoms with van der Waals surface area (Å²) in [5.41, 5.74) is 5.48. The van der Waals surface area contributed by atoms with Gasteiger partial charge in [0.05, 0.1) is 29.3 Å². The van der Waals surface area contributed by atoms with Crippen LogP contribution in [-0.2, 0) is 24.8 Å². The lowest BCUT2D eigenvalue weighted by Gasteiger charge is -2.29. The lowest BCUT2D eigenvalue weighted by Crippen LogP contribution is -2.37. The largest absolute Gasteiger partial charge is 0.334 e. The molecular weight excluding hydrogens is 487 g/mol. The molecule has 11 heteroatoms. The van der Waals surface area contributed by atoms with Gasteiger partial charge in [-0.05, 0) is 41.5 Å². The number of carbonyl (C=O) groups is 2. The van der Waals surface area contributed by atoms with Gasteiger partial charge < -0.3 is 10.2 Å². The minimum absolute atomic E-state index is 0.168. The molecule has 0 saturated heterocycles. The summed E-state index contributed by atoms with van der Waals surface area (Å²) in [5, 5.41) is 11.4. The number of imidazole rings is 1. The maximum absolute atomic E-state index is 14.2. The Bertz CT molecular complexity index is 1720. The zero-order valence-corrected chi connectivity index (χ0v) is 20.7. The van der Waals surface area contributed by atoms with E-state index < -0.39 is 0 Å². The highest BCUT2D eigenvalue weighted by Gasteiger charge is 2.27. The van der Waals surface area contributed by atoms with Crippen LogP contribution < -0.4 is 5.32 Å². The number of aromatic nitrogens is 6. The third-order valence-electron chi connectivity index (χ3n) is 6.47. The lowest BCUT2D eigenvalue weighted by atomic mass is 9.98. The van der Waals surface area contributed by atoms with Crippen molar-refractivity contribution < 1.29 is 14.0 Å². The summed E-state index contributed by atoms with van der Waals surface area (Å²) in [5.74, 6) is -0.344. The monoisotopic (exact) mass is 510 g/mol. The zero-order valence-electron chi connectivity index (χ0n) is 20.7. The van der Waals surface area contributed by atoms with Crippen molar-refractivity contribution in [3.05, 3.63) is 83.8 Å². The standard InChI is InChI=1S/C27H23FN8O2/c1-16(37)31-25-15-36-26(32-25)6-5-23(33-36)17-10-22-24(29-11-17)7-8-35(27(22)38)14-18-9-20(28)3-4-21(18)19-12-30-34(2)13-19/h3-6,9-13,15H,7-8,14H2,1-2H3,(H,31,37). The molecule has 190 valence electrons. The fraction of sp³-hybridized carbons (Fsp3) is 0.185. The molecule has 0 bridgehead atoms. The quantitative estimate of drug-likeness (QED) is 0.388. The highest BCUT2D eigenvalue weighted by atomic mass is 19.1. The first-order valence-corrected chi connectivity index (χ1v) is 12.0. The number of benzene rings is 1. The molecular formula is C27H23FN8O2. The van der Waals surface area contributed by atoms with Gasteiger partial charge in [-0.1, -0.05) is 6.07 Å². The van der Waals surface area contributed by atoms with E-state index in [4.69, 9.17) is 0 Å². The first-order chi connectivity index (χ1) is 18.3. The average Bonchev–Trinajstić information content (AvgIpc) is 3.50. The minimum Gasteiger partial charge on any atom is -0.334 e. The molecule has 2 amide bonds. The van der Waals surface area contributed by atoms with Gasteiger partial charge >= 0.3 is 0 Å². The number of amides is 2. The number of rotatable bonds is 5. The van der Waals surface area contributed by atoms with E-state index in [0.717, 1.165) is 16.8 Å². The van der Waals surface area contributed by atoms with Crippen LogP contribution in [-0.4, -0.2) is 52.6 Å². The first-order valence-electron chi connectivity index (χ1n) is 12.0. The molecule has 4 aromatic heterocycles. The molecule has 1 N–H and O–H groups in total. The Labute approximate surface area is 216 Å². The lowest BCUT2D eigenvalue weighted by molar-refractivity contribution is -0.114. The molecule has 0 saturated carbocycles. The van der Waals surface area contributed by atoms with E-state index in [1.54, 1.807) is 57.0 Å². The maximum Gasteiger partial charge on any atom is 0.256 e. The topological polar surface area (TPSA) is 110 Å². The summed E-state index contributed by atoms with van der Waals surface area (Å²) in [6.07, 6.45) is 7.51. The third kappa shape index (κ3) is 4.38. The summed E-state index contributed by atoms with van der Waals surface area (Å²) in [7, 11) is 1.82. The maximum atomic E-state index is 14.2. The molecule has 10 nitrogen and oxygen atoms in total. The van der Waals surface area contributed by atoms with Gasteiger partial charge in [0.2, 0.25) is 5.91 Å². The van der Waals surface area contributed by atoms with Crippen LogP contribution in [0.3, 0.4) is 0 Å². The van der Waals surface area contributed by atoms with E-state index in [9.17, 15) is 14.0 Å². The number of halogens is 1. The van der Waals surface area contributed by atoms with Gasteiger partial charge in [-0.25, -0.2) is 13.9 Å². The summed E-state index contributed by atoms with van der Waals surface area (Å²) in [6.45, 7) is 2.15. The molecule has 0 fully saturated rings. The Morgan fingerprint density at radius 2 is 1.95 bits per heavy atom. The summed E-state index contributed by atoms with van der Waals surface area (Å²) < 4.78 is 17.5. The van der Waals surface area contributed by atoms with Crippen LogP contribution in [0, 0.1) is 5.82 Å². The second kappa shape index (κ2) is 9.18. The predicted octanol–water partition coefficient (Wildman–Crippen LogP) is 3.49. The smallest absolute Gasteiger partial charge is 0.256 e. The third-order valence-corrected chi connectivity index (χ3v) is 6.47. The van der Waals surface area contributed by atoms with Crippen LogP contribution in [0.15, 0.2) is 61.2 Å². The fourth-order valence-electron chi connectivity index (χ4n) is 4.70. The van der Waals surface area contributed by atoms with E-state index in [0.29, 0.717) is 46.8 Å². The number of nitrogens with zero attached hydrogens (tertiary/aromatic N) is 7. The molecule has 5 aromatic rings. The number of anilines is 1. The van der Waals surface area contributed by atoms with Crippen LogP contribution in [0.2, 0.25) is 0 Å². The van der Waals surface area contributed by atoms with Crippen molar-refractivity contribution in [3.63, 3.8) is 0 Å². The van der Waals surface area contributed by atoms with Crippen LogP contribution in [0.4, 0.5) is 10.2 Å². The Balaban J connectivity index is 1.30. The van der Waals surface area contributed by atoms with Crippen LogP contribution in [0.5, 0.6) is 0 Å². The molecule has 0 unspecified atom stereocenters. The number of hydrogen-bond acceptors (Lipinski definition) is 6. The molecule has 0 atom stereocenters. The summed E-state index contributed by atoms with van der Waals surface area (Å²) >= 11 is 0. The second-order valence-electron chi connectivity index (χ2n) is 9.23. The van der Waals surface area contributed by atoms with Gasteiger partial charge in [-0.3, -0.25) is 19.3 Å². The predicted molar refractivity (Wildman–Crippen MR) is 138 cm³/mol. The van der Waals surface area contributed by atoms with Crippen LogP contribution >= 0.6 is 0 Å². The van der Waals surface area contributed by atoms with Crippen LogP contribution in [0.25, 0.3) is 28.0 Å². The molecule has 1 aliphatic heterocycles. The number of pyridine rings is 1. The Morgan fingerprint density at radius 3 is 2.74 bits per heavy atom. The Hall–Kier alpha value is -4.93. The first kappa shape index (κ1) is 23.5. The van der Waals surface area contributed by atoms with Gasteiger partial charge in [-0.15, -0.1) is 0 Å². The molecule has 0 spiro atoms. The molecule has 1 aromatic carbocycles. The van der Waals surface area contributed by atoms with E-state index in [1.165, 1.54) is 19.1 Å². The number of carbonyl (C=O) groups excluding carboxylic acids is 2. The van der Waals surface area contributed by atoms with E-state index in [1.807, 2.05) is 13.2 Å². The van der Waals surface area contributed by atoms with Crippen molar-refractivity contribution >= 4 is 23.3 Å². The van der Waals surface area contributed by atoms with E-state index in [-0.39, 0.29) is 24.2 Å². The molecule has 6 rings (SSSR count). The van der Waals surface area contributed by atoms with E-state index >= 15 is 0 Å². The molecule has 0 aliphatic carbocycles. The van der Waals surface area contributed by atoms with Crippen molar-refractivity contribution in [2.75, 3.05) is 11.9 Å². The molecule has 0 radical (unpaired) electrons. The highest BCUT2D eigenvalue weighted by Crippen LogP contribution is 2.29. The van der Waals surface area contributed by atoms with Gasteiger partial charge in [-0.2, -0.15) is 10.2 Å². The normalized spacial score (nSPS) is 13.1. The van der Waals surface area contributed by atoms with Crippen molar-refractivity contribution in [1.29, 1.82) is 0 Å². The van der Waals surface area contributed by atoms with Crippen molar-refractivity contribution in [2.24, 2.45) is 7.05 Å². The molecule has 1 aliphatic rings. The Morgan fingerprint density at radius 1 is 1.08 bits per heavy atom. The zero-order chi connectivity index (χ0) is 26.4. The Kier molecular flexibility index (Phi) is 5.67. The van der Waals surface area contributed by atoms with Gasteiger partial charge in [0.25, 0.3) is 5.91 Å². The van der Waals surface area contributed by atoms with Crippen LogP contribution in [0.1, 0.15) is 28.5 Å². The van der Waals surface area contributed by atoms with Crippen molar-refractivity contribution in [1.82, 2.24) is 34.3 Å². The summed E-state index contributed by atoms with van der Waals surface area (Å²) in [4.78, 5) is 35.5. The average molecular weight is 511 g/mol. The molecule has 38 heavy (non-hydrogen) atoms. The highest BCUT2D eigenvalue weighted by molar-refractivity contribution is 5.97. The number of fused-ring (bicyclic) bond motifs is 2.